The minimum atomic E-state index is -0.222. The second-order valence-corrected chi connectivity index (χ2v) is 6.25. The third-order valence-corrected chi connectivity index (χ3v) is 3.92. The summed E-state index contributed by atoms with van der Waals surface area (Å²) in [5.41, 5.74) is 0.317. The lowest BCUT2D eigenvalue weighted by atomic mass is 10.4. The van der Waals surface area contributed by atoms with E-state index in [1.165, 1.54) is 6.20 Å². The summed E-state index contributed by atoms with van der Waals surface area (Å²) in [6, 6.07) is 3.92. The summed E-state index contributed by atoms with van der Waals surface area (Å²) >= 11 is 4.97. The maximum absolute atomic E-state index is 11.9. The lowest BCUT2D eigenvalue weighted by molar-refractivity contribution is 0.0946. The zero-order chi connectivity index (χ0) is 13.7. The van der Waals surface area contributed by atoms with Gasteiger partial charge in [-0.05, 0) is 35.0 Å². The number of halogens is 1. The normalized spacial score (nSPS) is 10.2. The smallest absolute Gasteiger partial charge is 0.271 e. The number of amides is 1. The number of hydrogen-bond donors (Lipinski definition) is 2. The molecule has 2 heterocycles. The fraction of sp³-hybridized carbons (Fsp3) is 0.250. The van der Waals surface area contributed by atoms with Crippen LogP contribution >= 0.6 is 27.3 Å². The predicted molar refractivity (Wildman–Crippen MR) is 79.4 cm³/mol. The van der Waals surface area contributed by atoms with E-state index < -0.39 is 0 Å². The highest BCUT2D eigenvalue weighted by Crippen LogP contribution is 2.21. The molecule has 1 amide bonds. The Kier molecular flexibility index (Phi) is 4.86. The molecule has 7 heteroatoms. The zero-order valence-electron chi connectivity index (χ0n) is 10.3. The summed E-state index contributed by atoms with van der Waals surface area (Å²) in [5, 5.41) is 5.83. The molecule has 0 saturated carbocycles. The molecule has 0 fully saturated rings. The van der Waals surface area contributed by atoms with Gasteiger partial charge in [-0.3, -0.25) is 4.79 Å². The Morgan fingerprint density at radius 2 is 2.21 bits per heavy atom. The number of carbonyl (C=O) groups excluding carboxylic acids is 1. The van der Waals surface area contributed by atoms with Crippen molar-refractivity contribution in [3.8, 4) is 0 Å². The van der Waals surface area contributed by atoms with Crippen molar-refractivity contribution in [3.05, 3.63) is 38.9 Å². The molecule has 5 nitrogen and oxygen atoms in total. The Morgan fingerprint density at radius 1 is 1.37 bits per heavy atom. The van der Waals surface area contributed by atoms with E-state index in [0.717, 1.165) is 15.2 Å². The van der Waals surface area contributed by atoms with Crippen LogP contribution in [0.3, 0.4) is 0 Å². The molecule has 0 aliphatic heterocycles. The molecule has 2 rings (SSSR count). The Morgan fingerprint density at radius 3 is 2.79 bits per heavy atom. The maximum atomic E-state index is 11.9. The van der Waals surface area contributed by atoms with Gasteiger partial charge in [-0.15, -0.1) is 11.3 Å². The Bertz CT molecular complexity index is 555. The average Bonchev–Trinajstić information content (AvgIpc) is 2.83. The SMILES string of the molecule is CCNc1cnc(C(=O)NCc2ccc(Br)s2)cn1. The molecule has 0 saturated heterocycles. The largest absolute Gasteiger partial charge is 0.369 e. The third kappa shape index (κ3) is 4.00. The van der Waals surface area contributed by atoms with Gasteiger partial charge in [0.25, 0.3) is 5.91 Å². The van der Waals surface area contributed by atoms with E-state index in [1.807, 2.05) is 19.1 Å². The quantitative estimate of drug-likeness (QED) is 0.877. The van der Waals surface area contributed by atoms with Crippen LogP contribution in [-0.4, -0.2) is 22.4 Å². The van der Waals surface area contributed by atoms with Gasteiger partial charge in [0.05, 0.1) is 22.7 Å². The number of thiophene rings is 1. The molecule has 0 aliphatic rings. The van der Waals surface area contributed by atoms with Gasteiger partial charge in [-0.2, -0.15) is 0 Å². The molecule has 0 bridgehead atoms. The van der Waals surface area contributed by atoms with E-state index in [-0.39, 0.29) is 5.91 Å². The fourth-order valence-electron chi connectivity index (χ4n) is 1.42. The van der Waals surface area contributed by atoms with Crippen molar-refractivity contribution < 1.29 is 4.79 Å². The summed E-state index contributed by atoms with van der Waals surface area (Å²) < 4.78 is 1.05. The number of hydrogen-bond acceptors (Lipinski definition) is 5. The summed E-state index contributed by atoms with van der Waals surface area (Å²) in [4.78, 5) is 21.1. The Hall–Kier alpha value is -1.47. The molecule has 2 aromatic heterocycles. The summed E-state index contributed by atoms with van der Waals surface area (Å²) in [6.07, 6.45) is 3.03. The van der Waals surface area contributed by atoms with Crippen molar-refractivity contribution in [2.75, 3.05) is 11.9 Å². The minimum Gasteiger partial charge on any atom is -0.369 e. The first-order valence-electron chi connectivity index (χ1n) is 5.77. The van der Waals surface area contributed by atoms with Crippen LogP contribution in [0.1, 0.15) is 22.3 Å². The van der Waals surface area contributed by atoms with Crippen molar-refractivity contribution in [2.24, 2.45) is 0 Å². The third-order valence-electron chi connectivity index (χ3n) is 2.29. The van der Waals surface area contributed by atoms with Crippen molar-refractivity contribution >= 4 is 39.0 Å². The van der Waals surface area contributed by atoms with E-state index in [9.17, 15) is 4.79 Å². The molecule has 2 N–H and O–H groups in total. The van der Waals surface area contributed by atoms with Crippen LogP contribution in [0.25, 0.3) is 0 Å². The monoisotopic (exact) mass is 340 g/mol. The number of rotatable bonds is 5. The predicted octanol–water partition coefficient (Wildman–Crippen LogP) is 2.66. The second kappa shape index (κ2) is 6.63. The van der Waals surface area contributed by atoms with Crippen LogP contribution in [0.5, 0.6) is 0 Å². The summed E-state index contributed by atoms with van der Waals surface area (Å²) in [7, 11) is 0. The molecular formula is C12H13BrN4OS. The molecule has 19 heavy (non-hydrogen) atoms. The maximum Gasteiger partial charge on any atom is 0.271 e. The van der Waals surface area contributed by atoms with Crippen LogP contribution in [0.4, 0.5) is 5.82 Å². The Balaban J connectivity index is 1.92. The lowest BCUT2D eigenvalue weighted by Gasteiger charge is -2.04. The Labute approximate surface area is 123 Å². The van der Waals surface area contributed by atoms with E-state index >= 15 is 0 Å². The van der Waals surface area contributed by atoms with Crippen LogP contribution in [0, 0.1) is 0 Å². The first-order chi connectivity index (χ1) is 9.19. The fourth-order valence-corrected chi connectivity index (χ4v) is 2.85. The molecule has 0 aromatic carbocycles. The molecule has 2 aromatic rings. The van der Waals surface area contributed by atoms with Crippen molar-refractivity contribution in [3.63, 3.8) is 0 Å². The molecule has 0 radical (unpaired) electrons. The molecule has 100 valence electrons. The number of aromatic nitrogens is 2. The highest BCUT2D eigenvalue weighted by atomic mass is 79.9. The lowest BCUT2D eigenvalue weighted by Crippen LogP contribution is -2.23. The van der Waals surface area contributed by atoms with Crippen LogP contribution in [0.2, 0.25) is 0 Å². The molecular weight excluding hydrogens is 328 g/mol. The van der Waals surface area contributed by atoms with E-state index in [2.05, 4.69) is 36.5 Å². The van der Waals surface area contributed by atoms with Gasteiger partial charge in [0.15, 0.2) is 0 Å². The second-order valence-electron chi connectivity index (χ2n) is 3.71. The number of nitrogens with zero attached hydrogens (tertiary/aromatic N) is 2. The number of anilines is 1. The van der Waals surface area contributed by atoms with Crippen LogP contribution in [-0.2, 0) is 6.54 Å². The highest BCUT2D eigenvalue weighted by molar-refractivity contribution is 9.11. The molecule has 0 unspecified atom stereocenters. The van der Waals surface area contributed by atoms with Crippen molar-refractivity contribution in [1.82, 2.24) is 15.3 Å². The van der Waals surface area contributed by atoms with Gasteiger partial charge in [0, 0.05) is 11.4 Å². The molecule has 0 atom stereocenters. The number of carbonyl (C=O) groups is 1. The summed E-state index contributed by atoms with van der Waals surface area (Å²) in [6.45, 7) is 3.24. The minimum absolute atomic E-state index is 0.222. The topological polar surface area (TPSA) is 66.9 Å². The number of nitrogens with one attached hydrogen (secondary N) is 2. The standard InChI is InChI=1S/C12H13BrN4OS/c1-2-14-11-7-15-9(6-16-11)12(18)17-5-8-3-4-10(13)19-8/h3-4,6-7H,2,5H2,1H3,(H,14,16)(H,17,18). The van der Waals surface area contributed by atoms with Crippen LogP contribution in [0.15, 0.2) is 28.3 Å². The summed E-state index contributed by atoms with van der Waals surface area (Å²) in [5.74, 6) is 0.446. The van der Waals surface area contributed by atoms with Crippen molar-refractivity contribution in [2.45, 2.75) is 13.5 Å². The van der Waals surface area contributed by atoms with E-state index in [0.29, 0.717) is 18.1 Å². The highest BCUT2D eigenvalue weighted by Gasteiger charge is 2.08. The zero-order valence-corrected chi connectivity index (χ0v) is 12.7. The van der Waals surface area contributed by atoms with E-state index in [1.54, 1.807) is 17.5 Å². The van der Waals surface area contributed by atoms with Gasteiger partial charge >= 0.3 is 0 Å². The first kappa shape index (κ1) is 14.0. The van der Waals surface area contributed by atoms with Crippen molar-refractivity contribution in [1.29, 1.82) is 0 Å². The van der Waals surface area contributed by atoms with Gasteiger partial charge in [-0.1, -0.05) is 0 Å². The van der Waals surface area contributed by atoms with Gasteiger partial charge in [-0.25, -0.2) is 9.97 Å². The van der Waals surface area contributed by atoms with E-state index in [4.69, 9.17) is 0 Å². The van der Waals surface area contributed by atoms with Gasteiger partial charge in [0.2, 0.25) is 0 Å². The van der Waals surface area contributed by atoms with Gasteiger partial charge < -0.3 is 10.6 Å². The first-order valence-corrected chi connectivity index (χ1v) is 7.38. The van der Waals surface area contributed by atoms with Gasteiger partial charge in [0.1, 0.15) is 11.5 Å². The molecule has 0 aliphatic carbocycles. The average molecular weight is 341 g/mol. The van der Waals surface area contributed by atoms with Crippen LogP contribution < -0.4 is 10.6 Å². The molecule has 0 spiro atoms.